The van der Waals surface area contributed by atoms with Crippen molar-refractivity contribution in [2.75, 3.05) is 36.8 Å². The number of benzene rings is 4. The van der Waals surface area contributed by atoms with Crippen molar-refractivity contribution in [2.45, 2.75) is 31.7 Å². The zero-order valence-electron chi connectivity index (χ0n) is 26.2. The van der Waals surface area contributed by atoms with Crippen LogP contribution in [0.1, 0.15) is 25.7 Å². The van der Waals surface area contributed by atoms with Gasteiger partial charge in [-0.2, -0.15) is 0 Å². The zero-order chi connectivity index (χ0) is 31.7. The summed E-state index contributed by atoms with van der Waals surface area (Å²) in [7, 11) is 0. The number of aromatic nitrogens is 2. The van der Waals surface area contributed by atoms with E-state index >= 15 is 0 Å². The van der Waals surface area contributed by atoms with Crippen molar-refractivity contribution in [3.8, 4) is 0 Å². The Hall–Kier alpha value is -4.99. The molecule has 4 aromatic carbocycles. The fraction of sp³-hybridized carbons (Fsp3) is 0.243. The lowest BCUT2D eigenvalue weighted by Gasteiger charge is -2.15. The number of fused-ring (bicyclic) bond motifs is 4. The first-order valence-electron chi connectivity index (χ1n) is 15.9. The number of nitrogens with one attached hydrogen (secondary N) is 4. The van der Waals surface area contributed by atoms with E-state index in [1.807, 2.05) is 72.8 Å². The Morgan fingerprint density at radius 3 is 1.19 bits per heavy atom. The maximum Gasteiger partial charge on any atom is 0.221 e. The largest absolute Gasteiger partial charge is 0.384 e. The molecule has 0 fully saturated rings. The molecule has 10 heteroatoms. The van der Waals surface area contributed by atoms with E-state index in [-0.39, 0.29) is 37.1 Å². The van der Waals surface area contributed by atoms with Crippen molar-refractivity contribution in [3.05, 3.63) is 97.1 Å². The average Bonchev–Trinajstić information content (AvgIpc) is 3.07. The SMILES string of the molecule is Cl.NC(CC(=O)NCCCNc1c2ccccc2nc2ccccc12)CC(=O)NCCCNc1c2ccccc2nc2ccccc12. The van der Waals surface area contributed by atoms with Crippen molar-refractivity contribution in [1.29, 1.82) is 0 Å². The van der Waals surface area contributed by atoms with Gasteiger partial charge in [-0.05, 0) is 37.1 Å². The summed E-state index contributed by atoms with van der Waals surface area (Å²) in [6, 6.07) is 31.8. The molecule has 2 amide bonds. The summed E-state index contributed by atoms with van der Waals surface area (Å²) in [5, 5.41) is 17.2. The Morgan fingerprint density at radius 2 is 0.851 bits per heavy atom. The molecule has 0 saturated carbocycles. The van der Waals surface area contributed by atoms with Gasteiger partial charge in [0.15, 0.2) is 0 Å². The first kappa shape index (κ1) is 33.4. The third-order valence-electron chi connectivity index (χ3n) is 8.03. The van der Waals surface area contributed by atoms with Crippen LogP contribution in [0.4, 0.5) is 11.4 Å². The maximum absolute atomic E-state index is 12.5. The Morgan fingerprint density at radius 1 is 0.532 bits per heavy atom. The minimum Gasteiger partial charge on any atom is -0.384 e. The van der Waals surface area contributed by atoms with Crippen LogP contribution in [0.5, 0.6) is 0 Å². The van der Waals surface area contributed by atoms with Gasteiger partial charge in [0.25, 0.3) is 0 Å². The zero-order valence-corrected chi connectivity index (χ0v) is 27.0. The maximum atomic E-state index is 12.5. The number of hydrogen-bond donors (Lipinski definition) is 5. The van der Waals surface area contributed by atoms with Crippen LogP contribution in [0, 0.1) is 0 Å². The molecule has 0 aliphatic rings. The normalized spacial score (nSPS) is 11.1. The average molecular weight is 650 g/mol. The van der Waals surface area contributed by atoms with E-state index in [2.05, 4.69) is 45.5 Å². The number of carbonyl (C=O) groups excluding carboxylic acids is 2. The van der Waals surface area contributed by atoms with Gasteiger partial charge in [-0.1, -0.05) is 72.8 Å². The summed E-state index contributed by atoms with van der Waals surface area (Å²) in [4.78, 5) is 34.5. The molecule has 0 atom stereocenters. The van der Waals surface area contributed by atoms with Crippen LogP contribution in [0.2, 0.25) is 0 Å². The van der Waals surface area contributed by atoms with Gasteiger partial charge in [-0.3, -0.25) is 9.59 Å². The molecule has 0 unspecified atom stereocenters. The molecule has 0 spiro atoms. The highest BCUT2D eigenvalue weighted by Gasteiger charge is 2.14. The highest BCUT2D eigenvalue weighted by atomic mass is 35.5. The van der Waals surface area contributed by atoms with Gasteiger partial charge in [0, 0.05) is 66.6 Å². The van der Waals surface area contributed by atoms with E-state index in [4.69, 9.17) is 15.7 Å². The number of hydrogen-bond acceptors (Lipinski definition) is 7. The summed E-state index contributed by atoms with van der Waals surface area (Å²) < 4.78 is 0. The number of anilines is 2. The lowest BCUT2D eigenvalue weighted by atomic mass is 10.1. The summed E-state index contributed by atoms with van der Waals surface area (Å²) in [5.74, 6) is -0.303. The van der Waals surface area contributed by atoms with Crippen molar-refractivity contribution in [1.82, 2.24) is 20.6 Å². The second kappa shape index (κ2) is 16.0. The Kier molecular flexibility index (Phi) is 11.4. The van der Waals surface area contributed by atoms with Gasteiger partial charge in [-0.25, -0.2) is 9.97 Å². The number of amides is 2. The fourth-order valence-corrected chi connectivity index (χ4v) is 5.81. The molecule has 2 aromatic heterocycles. The third kappa shape index (κ3) is 8.24. The number of nitrogens with two attached hydrogens (primary N) is 1. The topological polar surface area (TPSA) is 134 Å². The molecule has 0 saturated heterocycles. The van der Waals surface area contributed by atoms with E-state index in [9.17, 15) is 9.59 Å². The monoisotopic (exact) mass is 649 g/mol. The number of para-hydroxylation sites is 4. The lowest BCUT2D eigenvalue weighted by Crippen LogP contribution is -2.37. The van der Waals surface area contributed by atoms with Crippen molar-refractivity contribution in [3.63, 3.8) is 0 Å². The summed E-state index contributed by atoms with van der Waals surface area (Å²) >= 11 is 0. The number of halogens is 1. The van der Waals surface area contributed by atoms with Gasteiger partial charge in [0.2, 0.25) is 11.8 Å². The summed E-state index contributed by atoms with van der Waals surface area (Å²) in [5.41, 5.74) is 12.0. The minimum atomic E-state index is -0.541. The molecule has 0 bridgehead atoms. The molecule has 242 valence electrons. The van der Waals surface area contributed by atoms with Crippen LogP contribution in [-0.2, 0) is 9.59 Å². The smallest absolute Gasteiger partial charge is 0.221 e. The molecular formula is C37H40ClN7O2. The standard InChI is InChI=1S/C37H39N7O2.ClH/c38-25(23-34(45)39-19-9-21-41-36-26-11-1-5-15-30(26)43-31-16-6-2-12-27(31)36)24-35(46)40-20-10-22-42-37-28-13-3-7-17-32(28)44-33-18-8-4-14-29(33)37;/h1-8,11-18,25H,9-10,19-24,38H2,(H,39,45)(H,40,46)(H,41,43)(H,42,44);1H. The van der Waals surface area contributed by atoms with Gasteiger partial charge in [-0.15, -0.1) is 12.4 Å². The second-order valence-corrected chi connectivity index (χ2v) is 11.5. The molecule has 0 radical (unpaired) electrons. The van der Waals surface area contributed by atoms with E-state index in [1.54, 1.807) is 0 Å². The van der Waals surface area contributed by atoms with E-state index in [0.717, 1.165) is 67.8 Å². The Balaban J connectivity index is 0.00000433. The van der Waals surface area contributed by atoms with Crippen LogP contribution < -0.4 is 27.0 Å². The van der Waals surface area contributed by atoms with Crippen molar-refractivity contribution >= 4 is 79.2 Å². The van der Waals surface area contributed by atoms with Gasteiger partial charge in [0.1, 0.15) is 0 Å². The predicted octanol–water partition coefficient (Wildman–Crippen LogP) is 6.16. The van der Waals surface area contributed by atoms with E-state index in [0.29, 0.717) is 26.2 Å². The van der Waals surface area contributed by atoms with Crippen LogP contribution >= 0.6 is 12.4 Å². The number of rotatable bonds is 14. The molecule has 2 heterocycles. The van der Waals surface area contributed by atoms with E-state index < -0.39 is 6.04 Å². The Labute approximate surface area is 280 Å². The number of pyridine rings is 2. The first-order chi connectivity index (χ1) is 22.6. The molecule has 47 heavy (non-hydrogen) atoms. The van der Waals surface area contributed by atoms with Crippen molar-refractivity contribution < 1.29 is 9.59 Å². The molecule has 0 aliphatic carbocycles. The second-order valence-electron chi connectivity index (χ2n) is 11.5. The highest BCUT2D eigenvalue weighted by molar-refractivity contribution is 6.08. The minimum absolute atomic E-state index is 0. The van der Waals surface area contributed by atoms with Gasteiger partial charge >= 0.3 is 0 Å². The van der Waals surface area contributed by atoms with Crippen molar-refractivity contribution in [2.24, 2.45) is 5.73 Å². The third-order valence-corrected chi connectivity index (χ3v) is 8.03. The fourth-order valence-electron chi connectivity index (χ4n) is 5.81. The van der Waals surface area contributed by atoms with Crippen LogP contribution in [0.15, 0.2) is 97.1 Å². The van der Waals surface area contributed by atoms with Crippen LogP contribution in [0.3, 0.4) is 0 Å². The highest BCUT2D eigenvalue weighted by Crippen LogP contribution is 2.31. The quantitative estimate of drug-likeness (QED) is 0.0705. The number of carbonyl (C=O) groups is 2. The van der Waals surface area contributed by atoms with Crippen LogP contribution in [0.25, 0.3) is 43.6 Å². The molecule has 6 N–H and O–H groups in total. The molecule has 6 aromatic rings. The summed E-state index contributed by atoms with van der Waals surface area (Å²) in [6.45, 7) is 2.41. The molecule has 0 aliphatic heterocycles. The van der Waals surface area contributed by atoms with E-state index in [1.165, 1.54) is 0 Å². The molecule has 9 nitrogen and oxygen atoms in total. The number of nitrogens with zero attached hydrogens (tertiary/aromatic N) is 2. The lowest BCUT2D eigenvalue weighted by molar-refractivity contribution is -0.122. The molecule has 6 rings (SSSR count). The predicted molar refractivity (Wildman–Crippen MR) is 195 cm³/mol. The first-order valence-corrected chi connectivity index (χ1v) is 15.9. The van der Waals surface area contributed by atoms with Gasteiger partial charge in [0.05, 0.1) is 33.4 Å². The molecular weight excluding hydrogens is 610 g/mol. The Bertz CT molecular complexity index is 1750. The van der Waals surface area contributed by atoms with Crippen LogP contribution in [-0.4, -0.2) is 54.0 Å². The van der Waals surface area contributed by atoms with Gasteiger partial charge < -0.3 is 27.0 Å². The summed E-state index contributed by atoms with van der Waals surface area (Å²) in [6.07, 6.45) is 1.69.